The van der Waals surface area contributed by atoms with Gasteiger partial charge < -0.3 is 26.0 Å². The largest absolute Gasteiger partial charge is 0.478 e. The number of aromatic amines is 1. The Labute approximate surface area is 200 Å². The van der Waals surface area contributed by atoms with Gasteiger partial charge in [0.1, 0.15) is 5.69 Å². The molecule has 1 amide bonds. The molecule has 0 aliphatic rings. The number of carboxylic acid groups (broad SMARTS) is 1. The quantitative estimate of drug-likeness (QED) is 0.355. The number of hydrogen-bond acceptors (Lipinski definition) is 4. The van der Waals surface area contributed by atoms with Crippen molar-refractivity contribution in [3.05, 3.63) is 70.9 Å². The number of likely N-dealkylation sites (N-methyl/N-ethyl adjacent to an activating group) is 1. The Kier molecular flexibility index (Phi) is 11.2. The lowest BCUT2D eigenvalue weighted by Crippen LogP contribution is -2.33. The Morgan fingerprint density at radius 1 is 1.03 bits per heavy atom. The molecule has 7 nitrogen and oxygen atoms in total. The van der Waals surface area contributed by atoms with E-state index in [1.807, 2.05) is 7.05 Å². The van der Waals surface area contributed by atoms with Crippen molar-refractivity contribution in [3.8, 4) is 0 Å². The van der Waals surface area contributed by atoms with Crippen LogP contribution in [0.1, 0.15) is 38.4 Å². The van der Waals surface area contributed by atoms with Crippen LogP contribution in [0.25, 0.3) is 10.9 Å². The van der Waals surface area contributed by atoms with Crippen molar-refractivity contribution in [2.24, 2.45) is 5.73 Å². The van der Waals surface area contributed by atoms with Crippen LogP contribution < -0.4 is 11.1 Å². The van der Waals surface area contributed by atoms with E-state index >= 15 is 0 Å². The van der Waals surface area contributed by atoms with Crippen LogP contribution in [0.5, 0.6) is 0 Å². The molecule has 0 aliphatic heterocycles. The summed E-state index contributed by atoms with van der Waals surface area (Å²) in [6, 6.07) is 14.8. The molecule has 9 heteroatoms. The minimum Gasteiger partial charge on any atom is -0.478 e. The minimum atomic E-state index is -0.986. The number of halogens is 2. The third-order valence-electron chi connectivity index (χ3n) is 5.16. The van der Waals surface area contributed by atoms with Gasteiger partial charge in [-0.15, -0.1) is 24.8 Å². The lowest BCUT2D eigenvalue weighted by molar-refractivity contribution is 0.0696. The van der Waals surface area contributed by atoms with Gasteiger partial charge in [0, 0.05) is 30.5 Å². The third-order valence-corrected chi connectivity index (χ3v) is 5.16. The summed E-state index contributed by atoms with van der Waals surface area (Å²) in [4.78, 5) is 28.7. The first-order valence-corrected chi connectivity index (χ1v) is 10.1. The van der Waals surface area contributed by atoms with Gasteiger partial charge in [-0.05, 0) is 61.8 Å². The van der Waals surface area contributed by atoms with Crippen LogP contribution in [0.4, 0.5) is 0 Å². The summed E-state index contributed by atoms with van der Waals surface area (Å²) in [5, 5.41) is 12.7. The van der Waals surface area contributed by atoms with E-state index < -0.39 is 5.97 Å². The molecule has 3 aromatic rings. The van der Waals surface area contributed by atoms with E-state index in [9.17, 15) is 9.59 Å². The molecule has 0 aliphatic carbocycles. The number of nitrogens with two attached hydrogens (primary N) is 1. The number of fused-ring (bicyclic) bond motifs is 1. The van der Waals surface area contributed by atoms with E-state index in [1.165, 1.54) is 11.6 Å². The van der Waals surface area contributed by atoms with Gasteiger partial charge in [0.05, 0.1) is 5.56 Å². The number of carbonyl (C=O) groups excluding carboxylic acids is 1. The number of aromatic carboxylic acids is 1. The molecule has 2 aromatic carbocycles. The van der Waals surface area contributed by atoms with Gasteiger partial charge in [-0.1, -0.05) is 24.3 Å². The number of benzene rings is 2. The Balaban J connectivity index is 0.00000256. The lowest BCUT2D eigenvalue weighted by Gasteiger charge is -2.16. The zero-order valence-corrected chi connectivity index (χ0v) is 19.6. The second-order valence-electron chi connectivity index (χ2n) is 7.47. The second kappa shape index (κ2) is 13.1. The van der Waals surface area contributed by atoms with Gasteiger partial charge in [0.2, 0.25) is 0 Å². The number of nitrogens with zero attached hydrogens (tertiary/aromatic N) is 1. The van der Waals surface area contributed by atoms with Crippen molar-refractivity contribution >= 4 is 47.6 Å². The number of amides is 1. The SMILES string of the molecule is CN(CCCc1ccc(CN)cc1)CCNC(=O)c1cc2cc(C(=O)O)ccc2[nH]1.Cl.Cl. The number of carbonyl (C=O) groups is 2. The smallest absolute Gasteiger partial charge is 0.335 e. The molecule has 174 valence electrons. The monoisotopic (exact) mass is 480 g/mol. The number of hydrogen-bond donors (Lipinski definition) is 4. The predicted octanol–water partition coefficient (Wildman–Crippen LogP) is 3.46. The fraction of sp³-hybridized carbons (Fsp3) is 0.304. The molecule has 32 heavy (non-hydrogen) atoms. The van der Waals surface area contributed by atoms with E-state index in [0.29, 0.717) is 24.2 Å². The fourth-order valence-electron chi connectivity index (χ4n) is 3.35. The fourth-order valence-corrected chi connectivity index (χ4v) is 3.35. The van der Waals surface area contributed by atoms with Crippen LogP contribution in [-0.4, -0.2) is 53.5 Å². The predicted molar refractivity (Wildman–Crippen MR) is 132 cm³/mol. The number of carboxylic acids is 1. The normalized spacial score (nSPS) is 10.5. The zero-order valence-electron chi connectivity index (χ0n) is 18.0. The van der Waals surface area contributed by atoms with Crippen LogP contribution in [-0.2, 0) is 13.0 Å². The van der Waals surface area contributed by atoms with Crippen molar-refractivity contribution in [1.82, 2.24) is 15.2 Å². The molecule has 0 spiro atoms. The number of H-pyrrole nitrogens is 1. The molecule has 0 saturated carbocycles. The highest BCUT2D eigenvalue weighted by atomic mass is 35.5. The van der Waals surface area contributed by atoms with E-state index in [-0.39, 0.29) is 36.3 Å². The summed E-state index contributed by atoms with van der Waals surface area (Å²) in [5.41, 5.74) is 9.43. The molecule has 3 rings (SSSR count). The molecular formula is C23H30Cl2N4O3. The minimum absolute atomic E-state index is 0. The Morgan fingerprint density at radius 2 is 1.72 bits per heavy atom. The summed E-state index contributed by atoms with van der Waals surface area (Å²) in [6.45, 7) is 2.80. The highest BCUT2D eigenvalue weighted by molar-refractivity contribution is 6.00. The number of rotatable bonds is 10. The average Bonchev–Trinajstić information content (AvgIpc) is 3.17. The average molecular weight is 481 g/mol. The molecule has 0 atom stereocenters. The molecule has 1 aromatic heterocycles. The summed E-state index contributed by atoms with van der Waals surface area (Å²) >= 11 is 0. The summed E-state index contributed by atoms with van der Waals surface area (Å²) < 4.78 is 0. The van der Waals surface area contributed by atoms with E-state index in [1.54, 1.807) is 18.2 Å². The second-order valence-corrected chi connectivity index (χ2v) is 7.47. The van der Waals surface area contributed by atoms with Crippen LogP contribution in [0.3, 0.4) is 0 Å². The maximum absolute atomic E-state index is 12.4. The van der Waals surface area contributed by atoms with Crippen LogP contribution in [0.2, 0.25) is 0 Å². The van der Waals surface area contributed by atoms with E-state index in [2.05, 4.69) is 39.5 Å². The van der Waals surface area contributed by atoms with E-state index in [0.717, 1.165) is 37.0 Å². The van der Waals surface area contributed by atoms with Gasteiger partial charge in [-0.2, -0.15) is 0 Å². The summed E-state index contributed by atoms with van der Waals surface area (Å²) in [6.07, 6.45) is 2.05. The first-order chi connectivity index (χ1) is 14.5. The van der Waals surface area contributed by atoms with Gasteiger partial charge in [-0.25, -0.2) is 4.79 Å². The van der Waals surface area contributed by atoms with Gasteiger partial charge in [0.15, 0.2) is 0 Å². The molecule has 1 heterocycles. The zero-order chi connectivity index (χ0) is 21.5. The molecular weight excluding hydrogens is 451 g/mol. The molecule has 0 fully saturated rings. The van der Waals surface area contributed by atoms with Crippen LogP contribution >= 0.6 is 24.8 Å². The van der Waals surface area contributed by atoms with Crippen molar-refractivity contribution in [3.63, 3.8) is 0 Å². The van der Waals surface area contributed by atoms with Gasteiger partial charge >= 0.3 is 5.97 Å². The Bertz CT molecular complexity index is 1020. The number of nitrogens with one attached hydrogen (secondary N) is 2. The highest BCUT2D eigenvalue weighted by Gasteiger charge is 2.11. The number of aromatic nitrogens is 1. The van der Waals surface area contributed by atoms with Crippen LogP contribution in [0.15, 0.2) is 48.5 Å². The maximum atomic E-state index is 12.4. The Morgan fingerprint density at radius 3 is 2.38 bits per heavy atom. The highest BCUT2D eigenvalue weighted by Crippen LogP contribution is 2.17. The number of aryl methyl sites for hydroxylation is 1. The molecule has 0 radical (unpaired) electrons. The van der Waals surface area contributed by atoms with Gasteiger partial charge in [-0.3, -0.25) is 4.79 Å². The van der Waals surface area contributed by atoms with Crippen molar-refractivity contribution in [2.45, 2.75) is 19.4 Å². The van der Waals surface area contributed by atoms with Gasteiger partial charge in [0.25, 0.3) is 5.91 Å². The Hall–Kier alpha value is -2.58. The molecule has 0 saturated heterocycles. The first-order valence-electron chi connectivity index (χ1n) is 10.1. The maximum Gasteiger partial charge on any atom is 0.335 e. The molecule has 0 bridgehead atoms. The third kappa shape index (κ3) is 7.53. The van der Waals surface area contributed by atoms with Crippen molar-refractivity contribution in [1.29, 1.82) is 0 Å². The first kappa shape index (κ1) is 27.5. The standard InChI is InChI=1S/C23H28N4O3.2ClH/c1-27(11-2-3-16-4-6-17(15-24)7-5-16)12-10-25-22(28)21-14-19-13-18(23(29)30)8-9-20(19)26-21;;/h4-9,13-14,26H,2-3,10-12,15,24H2,1H3,(H,25,28)(H,29,30);2*1H. The summed E-state index contributed by atoms with van der Waals surface area (Å²) in [5.74, 6) is -1.18. The lowest BCUT2D eigenvalue weighted by atomic mass is 10.1. The molecule has 5 N–H and O–H groups in total. The van der Waals surface area contributed by atoms with Crippen molar-refractivity contribution < 1.29 is 14.7 Å². The van der Waals surface area contributed by atoms with E-state index in [4.69, 9.17) is 10.8 Å². The molecule has 0 unspecified atom stereocenters. The summed E-state index contributed by atoms with van der Waals surface area (Å²) in [7, 11) is 2.04. The van der Waals surface area contributed by atoms with Crippen molar-refractivity contribution in [2.75, 3.05) is 26.7 Å². The van der Waals surface area contributed by atoms with Crippen LogP contribution in [0, 0.1) is 0 Å². The topological polar surface area (TPSA) is 111 Å².